The number of likely N-dealkylation sites (N-methyl/N-ethyl adjacent to an activating group) is 1. The topological polar surface area (TPSA) is 111 Å². The summed E-state index contributed by atoms with van der Waals surface area (Å²) in [5, 5.41) is 11.8. The van der Waals surface area contributed by atoms with Gasteiger partial charge >= 0.3 is 11.9 Å². The van der Waals surface area contributed by atoms with Gasteiger partial charge in [0.2, 0.25) is 0 Å². The summed E-state index contributed by atoms with van der Waals surface area (Å²) in [4.78, 5) is 37.3. The second kappa shape index (κ2) is 60.5. The first kappa shape index (κ1) is 75.4. The van der Waals surface area contributed by atoms with Crippen LogP contribution < -0.4 is 5.11 Å². The van der Waals surface area contributed by atoms with Gasteiger partial charge in [-0.15, -0.1) is 0 Å². The van der Waals surface area contributed by atoms with Crippen molar-refractivity contribution < 1.29 is 42.9 Å². The van der Waals surface area contributed by atoms with Crippen LogP contribution >= 0.6 is 0 Å². The van der Waals surface area contributed by atoms with Gasteiger partial charge in [0.15, 0.2) is 12.4 Å². The van der Waals surface area contributed by atoms with Gasteiger partial charge in [0.1, 0.15) is 13.2 Å². The van der Waals surface area contributed by atoms with E-state index in [2.05, 4.69) is 196 Å². The normalized spacial score (nSPS) is 14.0. The summed E-state index contributed by atoms with van der Waals surface area (Å²) in [7, 11) is 5.88. The van der Waals surface area contributed by atoms with E-state index in [9.17, 15) is 19.5 Å². The van der Waals surface area contributed by atoms with Crippen LogP contribution in [0.4, 0.5) is 0 Å². The lowest BCUT2D eigenvalue weighted by Crippen LogP contribution is -2.44. The summed E-state index contributed by atoms with van der Waals surface area (Å²) < 4.78 is 22.6. The number of hydrogen-bond donors (Lipinski definition) is 0. The maximum atomic E-state index is 12.9. The van der Waals surface area contributed by atoms with Gasteiger partial charge in [-0.1, -0.05) is 235 Å². The third-order valence-electron chi connectivity index (χ3n) is 12.1. The molecule has 0 fully saturated rings. The fraction of sp³-hybridized carbons (Fsp3) is 0.542. The van der Waals surface area contributed by atoms with Crippen LogP contribution in [-0.4, -0.2) is 82.3 Å². The van der Waals surface area contributed by atoms with Gasteiger partial charge in [-0.3, -0.25) is 9.59 Å². The minimum absolute atomic E-state index is 0.127. The Balaban J connectivity index is 4.27. The largest absolute Gasteiger partial charge is 0.545 e. The molecule has 0 aromatic rings. The van der Waals surface area contributed by atoms with Crippen molar-refractivity contribution in [2.45, 2.75) is 206 Å². The summed E-state index contributed by atoms with van der Waals surface area (Å²) in [5.74, 6) is -2.40. The fourth-order valence-electron chi connectivity index (χ4n) is 7.48. The molecule has 0 aromatic carbocycles. The summed E-state index contributed by atoms with van der Waals surface area (Å²) in [6, 6.07) is 0. The van der Waals surface area contributed by atoms with Crippen LogP contribution in [0, 0.1) is 0 Å². The van der Waals surface area contributed by atoms with Gasteiger partial charge < -0.3 is 33.3 Å². The number of carbonyl (C=O) groups is 3. The number of rotatable bonds is 54. The number of carbonyl (C=O) groups excluding carboxylic acids is 3. The molecule has 0 amide bonds. The molecule has 0 radical (unpaired) electrons. The summed E-state index contributed by atoms with van der Waals surface area (Å²) >= 11 is 0. The number of allylic oxidation sites excluding steroid dienone is 30. The zero-order valence-electron chi connectivity index (χ0n) is 51.3. The minimum Gasteiger partial charge on any atom is -0.545 e. The molecule has 9 heteroatoms. The predicted octanol–water partition coefficient (Wildman–Crippen LogP) is 17.6. The average Bonchev–Trinajstić information content (AvgIpc) is 3.44. The Morgan fingerprint density at radius 3 is 1.02 bits per heavy atom. The number of nitrogens with zero attached hydrogens (tertiary/aromatic N) is 1. The molecule has 0 aromatic heterocycles. The standard InChI is InChI=1S/C72H111NO8/c1-6-8-10-12-14-16-18-20-22-24-25-26-27-28-29-30-31-32-33-34-35-36-37-38-39-40-41-42-43-44-45-47-49-51-53-55-57-59-61-63-70(75)81-68(67-80-72(71(76)77)78-65-64-73(3,4)5)66-79-69(74)62-60-58-56-54-52-50-48-46-23-21-19-17-15-13-11-9-7-2/h8-11,14-17,20-23,25-26,28-29,31-32,34-35,37-38,40-41,43-44,48,50,54,56,68,72H,6-7,12-13,18-19,24,27,30,33,36,39,42,45-47,49,51-53,55,57-67H2,1-5H3/b10-8-,11-9-,16-14-,17-15-,22-20-,23-21-,26-25-,29-28-,32-31-,35-34-,38-37-,41-40-,44-43-,50-48-,56-54-. The molecular weight excluding hydrogens is 1010 g/mol. The molecule has 0 saturated heterocycles. The van der Waals surface area contributed by atoms with E-state index in [1.54, 1.807) is 0 Å². The summed E-state index contributed by atoms with van der Waals surface area (Å²) in [6.45, 7) is 4.40. The molecule has 0 N–H and O–H groups in total. The number of carboxylic acids is 1. The minimum atomic E-state index is -1.65. The first-order valence-electron chi connectivity index (χ1n) is 30.9. The number of unbranched alkanes of at least 4 members (excludes halogenated alkanes) is 9. The van der Waals surface area contributed by atoms with Crippen LogP contribution in [-0.2, 0) is 33.3 Å². The van der Waals surface area contributed by atoms with Crippen molar-refractivity contribution in [2.75, 3.05) is 47.5 Å². The Morgan fingerprint density at radius 1 is 0.370 bits per heavy atom. The highest BCUT2D eigenvalue weighted by molar-refractivity contribution is 5.70. The van der Waals surface area contributed by atoms with Gasteiger partial charge in [-0.2, -0.15) is 0 Å². The second-order valence-corrected chi connectivity index (χ2v) is 20.9. The molecular formula is C72H111NO8. The van der Waals surface area contributed by atoms with E-state index in [0.717, 1.165) is 128 Å². The quantitative estimate of drug-likeness (QED) is 0.0195. The van der Waals surface area contributed by atoms with Gasteiger partial charge in [0.25, 0.3) is 0 Å². The number of esters is 2. The third kappa shape index (κ3) is 61.9. The maximum Gasteiger partial charge on any atom is 0.306 e. The first-order valence-corrected chi connectivity index (χ1v) is 30.9. The number of hydrogen-bond acceptors (Lipinski definition) is 8. The van der Waals surface area contributed by atoms with Crippen molar-refractivity contribution >= 4 is 17.9 Å². The van der Waals surface area contributed by atoms with Crippen LogP contribution in [0.25, 0.3) is 0 Å². The van der Waals surface area contributed by atoms with E-state index < -0.39 is 30.3 Å². The van der Waals surface area contributed by atoms with Crippen molar-refractivity contribution in [1.82, 2.24) is 0 Å². The van der Waals surface area contributed by atoms with E-state index in [1.165, 1.54) is 25.7 Å². The van der Waals surface area contributed by atoms with Crippen LogP contribution in [0.1, 0.15) is 194 Å². The Morgan fingerprint density at radius 2 is 0.679 bits per heavy atom. The lowest BCUT2D eigenvalue weighted by Gasteiger charge is -2.26. The smallest absolute Gasteiger partial charge is 0.306 e. The molecule has 0 heterocycles. The Kier molecular flexibility index (Phi) is 56.3. The summed E-state index contributed by atoms with van der Waals surface area (Å²) in [5.41, 5.74) is 0. The van der Waals surface area contributed by atoms with Crippen molar-refractivity contribution in [3.05, 3.63) is 182 Å². The van der Waals surface area contributed by atoms with Gasteiger partial charge in [-0.25, -0.2) is 0 Å². The van der Waals surface area contributed by atoms with Crippen LogP contribution in [0.2, 0.25) is 0 Å². The SMILES string of the molecule is CC/C=C\C/C=C\C/C=C\C/C=C\C/C=C\C/C=C\C/C=C\C/C=C\C/C=C\C/C=C\CCCCCCCCCCC(=O)OC(COC(=O)CCC/C=C\C/C=C\C/C=C\C/C=C\C/C=C\CC)COC(OCC[N+](C)(C)C)C(=O)[O-]. The van der Waals surface area contributed by atoms with Gasteiger partial charge in [0.05, 0.1) is 40.3 Å². The number of ether oxygens (including phenoxy) is 4. The number of carboxylic acid groups (broad SMARTS) is 1. The second-order valence-electron chi connectivity index (χ2n) is 20.9. The molecule has 0 spiro atoms. The number of quaternary nitrogens is 1. The zero-order chi connectivity index (χ0) is 59.1. The zero-order valence-corrected chi connectivity index (χ0v) is 51.3. The molecule has 0 aliphatic heterocycles. The van der Waals surface area contributed by atoms with Crippen molar-refractivity contribution in [1.29, 1.82) is 0 Å². The van der Waals surface area contributed by atoms with Crippen LogP contribution in [0.5, 0.6) is 0 Å². The molecule has 2 unspecified atom stereocenters. The van der Waals surface area contributed by atoms with E-state index in [1.807, 2.05) is 21.1 Å². The van der Waals surface area contributed by atoms with Crippen molar-refractivity contribution in [3.63, 3.8) is 0 Å². The average molecular weight is 1120 g/mol. The van der Waals surface area contributed by atoms with E-state index in [4.69, 9.17) is 18.9 Å². The Labute approximate surface area is 494 Å². The molecule has 81 heavy (non-hydrogen) atoms. The highest BCUT2D eigenvalue weighted by Crippen LogP contribution is 2.13. The van der Waals surface area contributed by atoms with E-state index in [0.29, 0.717) is 23.9 Å². The Hall–Kier alpha value is -5.61. The molecule has 0 saturated carbocycles. The highest BCUT2D eigenvalue weighted by Gasteiger charge is 2.22. The van der Waals surface area contributed by atoms with Crippen molar-refractivity contribution in [2.24, 2.45) is 0 Å². The highest BCUT2D eigenvalue weighted by atomic mass is 16.7. The first-order chi connectivity index (χ1) is 39.6. The van der Waals surface area contributed by atoms with Crippen molar-refractivity contribution in [3.8, 4) is 0 Å². The van der Waals surface area contributed by atoms with Gasteiger partial charge in [0, 0.05) is 12.8 Å². The summed E-state index contributed by atoms with van der Waals surface area (Å²) in [6.07, 6.45) is 89.6. The van der Waals surface area contributed by atoms with Gasteiger partial charge in [-0.05, 0) is 128 Å². The monoisotopic (exact) mass is 1120 g/mol. The molecule has 452 valence electrons. The predicted molar refractivity (Wildman–Crippen MR) is 342 cm³/mol. The third-order valence-corrected chi connectivity index (χ3v) is 12.1. The Bertz CT molecular complexity index is 1980. The lowest BCUT2D eigenvalue weighted by molar-refractivity contribution is -0.870. The maximum absolute atomic E-state index is 12.9. The lowest BCUT2D eigenvalue weighted by atomic mass is 10.1. The molecule has 9 nitrogen and oxygen atoms in total. The number of aliphatic carboxylic acids is 1. The molecule has 0 rings (SSSR count). The molecule has 0 aliphatic rings. The van der Waals surface area contributed by atoms with E-state index >= 15 is 0 Å². The molecule has 0 aliphatic carbocycles. The van der Waals surface area contributed by atoms with Crippen LogP contribution in [0.15, 0.2) is 182 Å². The van der Waals surface area contributed by atoms with Crippen LogP contribution in [0.3, 0.4) is 0 Å². The fourth-order valence-corrected chi connectivity index (χ4v) is 7.48. The van der Waals surface area contributed by atoms with E-state index in [-0.39, 0.29) is 32.7 Å². The molecule has 2 atom stereocenters. The molecule has 0 bridgehead atoms.